The zero-order chi connectivity index (χ0) is 13.0. The Balaban J connectivity index is 2.56. The first-order chi connectivity index (χ1) is 7.91. The van der Waals surface area contributed by atoms with Crippen molar-refractivity contribution in [2.24, 2.45) is 18.9 Å². The average Bonchev–Trinajstić information content (AvgIpc) is 2.60. The second-order valence-electron chi connectivity index (χ2n) is 4.10. The molecule has 0 aromatic carbocycles. The summed E-state index contributed by atoms with van der Waals surface area (Å²) >= 11 is 0. The van der Waals surface area contributed by atoms with Gasteiger partial charge in [-0.3, -0.25) is 9.59 Å². The van der Waals surface area contributed by atoms with E-state index in [-0.39, 0.29) is 12.5 Å². The molecule has 1 aromatic rings. The molecule has 1 rings (SSSR count). The number of hydrogen-bond donors (Lipinski definition) is 2. The van der Waals surface area contributed by atoms with Crippen molar-refractivity contribution in [1.82, 2.24) is 20.3 Å². The predicted molar refractivity (Wildman–Crippen MR) is 58.8 cm³/mol. The first-order valence-electron chi connectivity index (χ1n) is 5.27. The number of hydrogen-bond acceptors (Lipinski definition) is 4. The highest BCUT2D eigenvalue weighted by atomic mass is 16.4. The summed E-state index contributed by atoms with van der Waals surface area (Å²) in [5.74, 6) is -2.91. The van der Waals surface area contributed by atoms with Crippen LogP contribution in [0.3, 0.4) is 0 Å². The van der Waals surface area contributed by atoms with Gasteiger partial charge in [0.15, 0.2) is 0 Å². The summed E-state index contributed by atoms with van der Waals surface area (Å²) in [6.45, 7) is 3.57. The standard InChI is InChI=1S/C10H16N4O3/c1-6(2)8(10(16)17)9(15)11-4-7-5-12-14(3)13-7/h5-6,8H,4H2,1-3H3,(H,11,15)(H,16,17). The van der Waals surface area contributed by atoms with Gasteiger partial charge in [0.2, 0.25) is 5.91 Å². The maximum Gasteiger partial charge on any atom is 0.316 e. The molecule has 0 radical (unpaired) electrons. The number of nitrogens with one attached hydrogen (secondary N) is 1. The van der Waals surface area contributed by atoms with Crippen LogP contribution in [0, 0.1) is 11.8 Å². The third-order valence-corrected chi connectivity index (χ3v) is 2.31. The molecule has 7 heteroatoms. The normalized spacial score (nSPS) is 12.5. The topological polar surface area (TPSA) is 97.1 Å². The van der Waals surface area contributed by atoms with Crippen LogP contribution in [0.2, 0.25) is 0 Å². The number of aryl methyl sites for hydroxylation is 1. The molecule has 1 aromatic heterocycles. The molecule has 2 N–H and O–H groups in total. The first kappa shape index (κ1) is 13.1. The Morgan fingerprint density at radius 2 is 2.18 bits per heavy atom. The van der Waals surface area contributed by atoms with Crippen molar-refractivity contribution in [1.29, 1.82) is 0 Å². The largest absolute Gasteiger partial charge is 0.481 e. The van der Waals surface area contributed by atoms with E-state index in [0.717, 1.165) is 0 Å². The lowest BCUT2D eigenvalue weighted by atomic mass is 9.95. The fourth-order valence-corrected chi connectivity index (χ4v) is 1.46. The number of carboxylic acid groups (broad SMARTS) is 1. The molecule has 0 spiro atoms. The number of carbonyl (C=O) groups is 2. The Hall–Kier alpha value is -1.92. The van der Waals surface area contributed by atoms with Gasteiger partial charge in [-0.1, -0.05) is 13.8 Å². The van der Waals surface area contributed by atoms with Crippen molar-refractivity contribution in [3.05, 3.63) is 11.9 Å². The van der Waals surface area contributed by atoms with Crippen molar-refractivity contribution in [2.75, 3.05) is 0 Å². The highest BCUT2D eigenvalue weighted by molar-refractivity contribution is 5.97. The average molecular weight is 240 g/mol. The van der Waals surface area contributed by atoms with Gasteiger partial charge in [0.05, 0.1) is 12.7 Å². The SMILES string of the molecule is CC(C)C(C(=O)O)C(=O)NCc1cnn(C)n1. The Labute approximate surface area is 98.8 Å². The van der Waals surface area contributed by atoms with Crippen LogP contribution in [0.15, 0.2) is 6.20 Å². The van der Waals surface area contributed by atoms with Crippen LogP contribution < -0.4 is 5.32 Å². The lowest BCUT2D eigenvalue weighted by Crippen LogP contribution is -2.38. The van der Waals surface area contributed by atoms with E-state index in [0.29, 0.717) is 5.69 Å². The number of amides is 1. The second kappa shape index (κ2) is 5.42. The van der Waals surface area contributed by atoms with Crippen LogP contribution >= 0.6 is 0 Å². The van der Waals surface area contributed by atoms with E-state index in [9.17, 15) is 9.59 Å². The number of carbonyl (C=O) groups excluding carboxylic acids is 1. The van der Waals surface area contributed by atoms with E-state index in [1.54, 1.807) is 20.9 Å². The smallest absolute Gasteiger partial charge is 0.316 e. The molecular weight excluding hydrogens is 224 g/mol. The summed E-state index contributed by atoms with van der Waals surface area (Å²) in [5, 5.41) is 19.3. The number of aromatic nitrogens is 3. The van der Waals surface area contributed by atoms with Gasteiger partial charge < -0.3 is 10.4 Å². The molecule has 1 heterocycles. The molecular formula is C10H16N4O3. The van der Waals surface area contributed by atoms with Crippen molar-refractivity contribution in [3.63, 3.8) is 0 Å². The number of nitrogens with zero attached hydrogens (tertiary/aromatic N) is 3. The Kier molecular flexibility index (Phi) is 4.19. The van der Waals surface area contributed by atoms with Gasteiger partial charge in [-0.15, -0.1) is 0 Å². The molecule has 0 bridgehead atoms. The zero-order valence-corrected chi connectivity index (χ0v) is 10.0. The minimum absolute atomic E-state index is 0.184. The zero-order valence-electron chi connectivity index (χ0n) is 10.0. The highest BCUT2D eigenvalue weighted by Crippen LogP contribution is 2.11. The van der Waals surface area contributed by atoms with Gasteiger partial charge in [-0.25, -0.2) is 0 Å². The minimum Gasteiger partial charge on any atom is -0.481 e. The van der Waals surface area contributed by atoms with Gasteiger partial charge >= 0.3 is 5.97 Å². The van der Waals surface area contributed by atoms with Crippen molar-refractivity contribution in [3.8, 4) is 0 Å². The molecule has 94 valence electrons. The summed E-state index contributed by atoms with van der Waals surface area (Å²) < 4.78 is 0. The molecule has 0 aliphatic rings. The molecule has 0 aliphatic heterocycles. The summed E-state index contributed by atoms with van der Waals surface area (Å²) in [6.07, 6.45) is 1.52. The van der Waals surface area contributed by atoms with Gasteiger partial charge in [0, 0.05) is 7.05 Å². The van der Waals surface area contributed by atoms with Gasteiger partial charge in [0.25, 0.3) is 0 Å². The summed E-state index contributed by atoms with van der Waals surface area (Å²) in [6, 6.07) is 0. The van der Waals surface area contributed by atoms with Crippen molar-refractivity contribution >= 4 is 11.9 Å². The molecule has 0 saturated heterocycles. The number of rotatable bonds is 5. The van der Waals surface area contributed by atoms with Crippen LogP contribution in [-0.4, -0.2) is 32.0 Å². The van der Waals surface area contributed by atoms with Crippen LogP contribution in [0.4, 0.5) is 0 Å². The van der Waals surface area contributed by atoms with E-state index in [1.165, 1.54) is 11.0 Å². The van der Waals surface area contributed by atoms with E-state index < -0.39 is 17.8 Å². The van der Waals surface area contributed by atoms with E-state index >= 15 is 0 Å². The maximum atomic E-state index is 11.7. The summed E-state index contributed by atoms with van der Waals surface area (Å²) in [5.41, 5.74) is 0.591. The van der Waals surface area contributed by atoms with Gasteiger partial charge in [0.1, 0.15) is 11.6 Å². The second-order valence-corrected chi connectivity index (χ2v) is 4.10. The van der Waals surface area contributed by atoms with Gasteiger partial charge in [-0.2, -0.15) is 15.0 Å². The highest BCUT2D eigenvalue weighted by Gasteiger charge is 2.29. The van der Waals surface area contributed by atoms with Crippen LogP contribution in [0.5, 0.6) is 0 Å². The first-order valence-corrected chi connectivity index (χ1v) is 5.27. The van der Waals surface area contributed by atoms with Crippen LogP contribution in [-0.2, 0) is 23.2 Å². The Morgan fingerprint density at radius 3 is 2.59 bits per heavy atom. The Morgan fingerprint density at radius 1 is 1.53 bits per heavy atom. The minimum atomic E-state index is -1.11. The molecule has 0 saturated carbocycles. The van der Waals surface area contributed by atoms with Gasteiger partial charge in [-0.05, 0) is 5.92 Å². The van der Waals surface area contributed by atoms with E-state index in [2.05, 4.69) is 15.5 Å². The monoisotopic (exact) mass is 240 g/mol. The van der Waals surface area contributed by atoms with Crippen LogP contribution in [0.1, 0.15) is 19.5 Å². The Bertz CT molecular complexity index is 413. The van der Waals surface area contributed by atoms with E-state index in [1.807, 2.05) is 0 Å². The van der Waals surface area contributed by atoms with E-state index in [4.69, 9.17) is 5.11 Å². The molecule has 17 heavy (non-hydrogen) atoms. The van der Waals surface area contributed by atoms with Crippen molar-refractivity contribution < 1.29 is 14.7 Å². The molecule has 1 amide bonds. The lowest BCUT2D eigenvalue weighted by molar-refractivity contribution is -0.148. The number of carboxylic acids is 1. The van der Waals surface area contributed by atoms with Crippen molar-refractivity contribution in [2.45, 2.75) is 20.4 Å². The molecule has 1 atom stereocenters. The predicted octanol–water partition coefficient (Wildman–Crippen LogP) is -0.212. The quantitative estimate of drug-likeness (QED) is 0.694. The third kappa shape index (κ3) is 3.54. The molecule has 1 unspecified atom stereocenters. The molecule has 7 nitrogen and oxygen atoms in total. The fourth-order valence-electron chi connectivity index (χ4n) is 1.46. The molecule has 0 fully saturated rings. The fraction of sp³-hybridized carbons (Fsp3) is 0.600. The lowest BCUT2D eigenvalue weighted by Gasteiger charge is -2.15. The van der Waals surface area contributed by atoms with Crippen LogP contribution in [0.25, 0.3) is 0 Å². The number of aliphatic carboxylic acids is 1. The maximum absolute atomic E-state index is 11.7. The third-order valence-electron chi connectivity index (χ3n) is 2.31. The summed E-state index contributed by atoms with van der Waals surface area (Å²) in [4.78, 5) is 23.9. The summed E-state index contributed by atoms with van der Waals surface area (Å²) in [7, 11) is 1.67. The molecule has 0 aliphatic carbocycles.